The molecule has 6 rings (SSSR count). The van der Waals surface area contributed by atoms with Gasteiger partial charge in [0.1, 0.15) is 23.7 Å². The van der Waals surface area contributed by atoms with Crippen molar-refractivity contribution in [3.63, 3.8) is 0 Å². The first-order valence-electron chi connectivity index (χ1n) is 22.1. The SMILES string of the molecule is C=C[C@@H]1C[C@]1(NC(=O)[C@@H]1C[C@@]2(CN1C(=O)[C@@H](NC(=O)[C@@H](NC(=O)[C@@H]1CCCN1CC)C1CCCCC1)C(C)(C)C)C(C)(C)C21CCC1)C(=O)NS(=O)(=O)N(CC)CC. The van der Waals surface area contributed by atoms with Crippen molar-refractivity contribution in [2.24, 2.45) is 33.5 Å². The van der Waals surface area contributed by atoms with E-state index in [0.717, 1.165) is 81.6 Å². The summed E-state index contributed by atoms with van der Waals surface area (Å²) in [6.45, 7) is 21.6. The first-order chi connectivity index (χ1) is 27.2. The number of rotatable bonds is 15. The molecule has 326 valence electrons. The Hall–Kier alpha value is -3.04. The average molecular weight is 830 g/mol. The molecule has 4 aliphatic carbocycles. The maximum Gasteiger partial charge on any atom is 0.303 e. The lowest BCUT2D eigenvalue weighted by Crippen LogP contribution is -2.63. The van der Waals surface area contributed by atoms with Crippen molar-refractivity contribution in [3.05, 3.63) is 12.7 Å². The van der Waals surface area contributed by atoms with Gasteiger partial charge in [-0.2, -0.15) is 12.7 Å². The Labute approximate surface area is 347 Å². The highest BCUT2D eigenvalue weighted by Gasteiger charge is 2.85. The van der Waals surface area contributed by atoms with Gasteiger partial charge in [-0.1, -0.05) is 87.1 Å². The monoisotopic (exact) mass is 830 g/mol. The van der Waals surface area contributed by atoms with Crippen LogP contribution in [0.1, 0.15) is 132 Å². The Morgan fingerprint density at radius 1 is 0.862 bits per heavy atom. The first-order valence-corrected chi connectivity index (χ1v) is 23.6. The fourth-order valence-electron chi connectivity index (χ4n) is 11.9. The van der Waals surface area contributed by atoms with Gasteiger partial charge in [-0.25, -0.2) is 4.72 Å². The Bertz CT molecular complexity index is 1750. The summed E-state index contributed by atoms with van der Waals surface area (Å²) in [5.41, 5.74) is -2.81. The van der Waals surface area contributed by atoms with E-state index in [-0.39, 0.29) is 65.4 Å². The highest BCUT2D eigenvalue weighted by molar-refractivity contribution is 7.87. The summed E-state index contributed by atoms with van der Waals surface area (Å²) < 4.78 is 29.6. The number of carbonyl (C=O) groups excluding carboxylic acids is 5. The van der Waals surface area contributed by atoms with Gasteiger partial charge < -0.3 is 20.9 Å². The fraction of sp³-hybridized carbons (Fsp3) is 0.837. The molecule has 0 aromatic carbocycles. The second-order valence-corrected chi connectivity index (χ2v) is 21.5. The number of carbonyl (C=O) groups is 5. The Morgan fingerprint density at radius 3 is 2.03 bits per heavy atom. The van der Waals surface area contributed by atoms with Gasteiger partial charge in [-0.05, 0) is 86.6 Å². The van der Waals surface area contributed by atoms with E-state index in [9.17, 15) is 27.6 Å². The van der Waals surface area contributed by atoms with Gasteiger partial charge >= 0.3 is 10.2 Å². The van der Waals surface area contributed by atoms with Crippen LogP contribution in [0.25, 0.3) is 0 Å². The van der Waals surface area contributed by atoms with E-state index in [2.05, 4.69) is 46.0 Å². The van der Waals surface area contributed by atoms with Gasteiger partial charge in [-0.3, -0.25) is 28.9 Å². The molecule has 2 heterocycles. The van der Waals surface area contributed by atoms with E-state index < -0.39 is 57.0 Å². The molecule has 6 fully saturated rings. The number of fused-ring (bicyclic) bond motifs is 1. The molecule has 15 heteroatoms. The van der Waals surface area contributed by atoms with Crippen LogP contribution in [0.5, 0.6) is 0 Å². The van der Waals surface area contributed by atoms with Crippen LogP contribution >= 0.6 is 0 Å². The topological polar surface area (TPSA) is 177 Å². The summed E-state index contributed by atoms with van der Waals surface area (Å²) in [5.74, 6) is -2.83. The van der Waals surface area contributed by atoms with Crippen LogP contribution in [-0.2, 0) is 34.2 Å². The van der Waals surface area contributed by atoms with E-state index in [1.54, 1.807) is 24.8 Å². The maximum absolute atomic E-state index is 15.2. The van der Waals surface area contributed by atoms with Crippen molar-refractivity contribution in [2.45, 2.75) is 162 Å². The molecule has 0 aromatic rings. The number of likely N-dealkylation sites (N-methyl/N-ethyl adjacent to an activating group) is 1. The summed E-state index contributed by atoms with van der Waals surface area (Å²) >= 11 is 0. The largest absolute Gasteiger partial charge is 0.343 e. The highest BCUT2D eigenvalue weighted by atomic mass is 32.2. The standard InChI is InChI=1S/C43H71N7O7S/c1-10-29-25-43(29,38(55)47-58(56,57)49(12-3)13-4)46-35(52)31-26-42(40(8,9)41(42)22-18-23-41)27-50(31)37(54)33(39(5,6)7)45-36(53)32(28-19-15-14-16-20-28)44-34(51)30-21-17-24-48(30)11-2/h10,28-33H,1,11-27H2,2-9H3,(H,44,51)(H,45,53)(H,46,52)(H,47,55)/t29-,30+,31+,32+,33-,42-,43-/m1/s1. The smallest absolute Gasteiger partial charge is 0.303 e. The zero-order chi connectivity index (χ0) is 42.6. The van der Waals surface area contributed by atoms with Crippen LogP contribution in [0.3, 0.4) is 0 Å². The lowest BCUT2D eigenvalue weighted by Gasteiger charge is -2.38. The molecular weight excluding hydrogens is 759 g/mol. The molecule has 14 nitrogen and oxygen atoms in total. The van der Waals surface area contributed by atoms with Crippen molar-refractivity contribution in [1.82, 2.24) is 34.8 Å². The van der Waals surface area contributed by atoms with E-state index in [0.29, 0.717) is 13.0 Å². The number of nitrogens with zero attached hydrogens (tertiary/aromatic N) is 3. The van der Waals surface area contributed by atoms with Crippen molar-refractivity contribution in [3.8, 4) is 0 Å². The molecule has 58 heavy (non-hydrogen) atoms. The van der Waals surface area contributed by atoms with E-state index in [1.807, 2.05) is 27.7 Å². The molecule has 4 saturated carbocycles. The minimum Gasteiger partial charge on any atom is -0.343 e. The molecule has 2 spiro atoms. The fourth-order valence-corrected chi connectivity index (χ4v) is 13.1. The van der Waals surface area contributed by atoms with E-state index in [1.165, 1.54) is 0 Å². The third-order valence-electron chi connectivity index (χ3n) is 15.9. The number of hydrogen-bond acceptors (Lipinski definition) is 8. The van der Waals surface area contributed by atoms with Crippen molar-refractivity contribution in [2.75, 3.05) is 32.7 Å². The van der Waals surface area contributed by atoms with Gasteiger partial charge in [0.2, 0.25) is 23.6 Å². The Kier molecular flexibility index (Phi) is 12.4. The van der Waals surface area contributed by atoms with Gasteiger partial charge in [0, 0.05) is 31.0 Å². The lowest BCUT2D eigenvalue weighted by molar-refractivity contribution is -0.145. The van der Waals surface area contributed by atoms with E-state index in [4.69, 9.17) is 0 Å². The zero-order valence-electron chi connectivity index (χ0n) is 36.4. The van der Waals surface area contributed by atoms with Crippen LogP contribution in [0.4, 0.5) is 0 Å². The van der Waals surface area contributed by atoms with Crippen LogP contribution in [0.2, 0.25) is 0 Å². The van der Waals surface area contributed by atoms with Crippen molar-refractivity contribution < 1.29 is 32.4 Å². The molecule has 4 N–H and O–H groups in total. The summed E-state index contributed by atoms with van der Waals surface area (Å²) in [6, 6.07) is -3.07. The number of nitrogens with one attached hydrogen (secondary N) is 4. The molecule has 6 aliphatic rings. The number of likely N-dealkylation sites (tertiary alicyclic amines) is 2. The van der Waals surface area contributed by atoms with Gasteiger partial charge in [0.15, 0.2) is 0 Å². The molecule has 0 bridgehead atoms. The van der Waals surface area contributed by atoms with E-state index >= 15 is 4.79 Å². The number of hydrogen-bond donors (Lipinski definition) is 4. The van der Waals surface area contributed by atoms with Crippen molar-refractivity contribution in [1.29, 1.82) is 0 Å². The van der Waals surface area contributed by atoms with Crippen LogP contribution in [0, 0.1) is 33.5 Å². The highest BCUT2D eigenvalue weighted by Crippen LogP contribution is 2.88. The van der Waals surface area contributed by atoms with Gasteiger partial charge in [0.05, 0.1) is 6.04 Å². The summed E-state index contributed by atoms with van der Waals surface area (Å²) in [4.78, 5) is 75.9. The molecule has 0 aromatic heterocycles. The van der Waals surface area contributed by atoms with Crippen molar-refractivity contribution >= 4 is 39.7 Å². The first kappa shape index (κ1) is 44.5. The summed E-state index contributed by atoms with van der Waals surface area (Å²) in [6.07, 6.45) is 11.5. The molecule has 5 amide bonds. The minimum atomic E-state index is -4.17. The Morgan fingerprint density at radius 2 is 1.52 bits per heavy atom. The summed E-state index contributed by atoms with van der Waals surface area (Å²) in [5, 5.41) is 9.23. The maximum atomic E-state index is 15.2. The second-order valence-electron chi connectivity index (χ2n) is 19.8. The molecule has 0 radical (unpaired) electrons. The minimum absolute atomic E-state index is 0.0207. The summed E-state index contributed by atoms with van der Waals surface area (Å²) in [7, 11) is -4.17. The molecular formula is C43H71N7O7S. The zero-order valence-corrected chi connectivity index (χ0v) is 37.2. The molecule has 0 unspecified atom stereocenters. The quantitative estimate of drug-likeness (QED) is 0.181. The molecule has 2 aliphatic heterocycles. The molecule has 7 atom stereocenters. The van der Waals surface area contributed by atoms with Crippen LogP contribution < -0.4 is 20.7 Å². The second kappa shape index (κ2) is 16.1. The predicted octanol–water partition coefficient (Wildman–Crippen LogP) is 3.63. The normalized spacial score (nSPS) is 31.3. The lowest BCUT2D eigenvalue weighted by atomic mass is 9.73. The average Bonchev–Trinajstić information content (AvgIpc) is 3.67. The molecule has 2 saturated heterocycles. The van der Waals surface area contributed by atoms with Crippen LogP contribution in [-0.4, -0.2) is 114 Å². The predicted molar refractivity (Wildman–Crippen MR) is 222 cm³/mol. The van der Waals surface area contributed by atoms with Gasteiger partial charge in [0.25, 0.3) is 5.91 Å². The third-order valence-corrected chi connectivity index (χ3v) is 17.5. The van der Waals surface area contributed by atoms with Crippen LogP contribution in [0.15, 0.2) is 12.7 Å². The third kappa shape index (κ3) is 7.40. The number of amides is 5. The Balaban J connectivity index is 1.28. The van der Waals surface area contributed by atoms with Gasteiger partial charge in [-0.15, -0.1) is 6.58 Å².